The largest absolute Gasteiger partial charge is 0.363 e. The molecular weight excluding hydrogens is 180 g/mol. The van der Waals surface area contributed by atoms with Crippen molar-refractivity contribution in [2.75, 3.05) is 6.54 Å². The van der Waals surface area contributed by atoms with Crippen LogP contribution in [0.1, 0.15) is 34.6 Å². The van der Waals surface area contributed by atoms with E-state index in [1.165, 1.54) is 0 Å². The van der Waals surface area contributed by atoms with E-state index in [1.807, 2.05) is 0 Å². The first-order valence-electron chi connectivity index (χ1n) is 4.88. The van der Waals surface area contributed by atoms with E-state index in [9.17, 15) is 0 Å². The lowest BCUT2D eigenvalue weighted by molar-refractivity contribution is 0.457. The van der Waals surface area contributed by atoms with Crippen molar-refractivity contribution in [3.8, 4) is 0 Å². The summed E-state index contributed by atoms with van der Waals surface area (Å²) in [5.41, 5.74) is 0.707. The van der Waals surface area contributed by atoms with Gasteiger partial charge in [0.1, 0.15) is 0 Å². The van der Waals surface area contributed by atoms with Crippen molar-refractivity contribution >= 4 is 17.3 Å². The fourth-order valence-electron chi connectivity index (χ4n) is 1.90. The van der Waals surface area contributed by atoms with Crippen molar-refractivity contribution in [3.05, 3.63) is 0 Å². The van der Waals surface area contributed by atoms with Crippen LogP contribution in [-0.4, -0.2) is 17.7 Å². The molecule has 1 saturated carbocycles. The zero-order valence-corrected chi connectivity index (χ0v) is 10.0. The van der Waals surface area contributed by atoms with Gasteiger partial charge in [0, 0.05) is 12.6 Å². The first-order chi connectivity index (χ1) is 5.84. The minimum Gasteiger partial charge on any atom is -0.363 e. The van der Waals surface area contributed by atoms with Crippen molar-refractivity contribution in [3.63, 3.8) is 0 Å². The SMILES string of the molecule is CCNC(=S)NC1C(C)(C)C1(C)C. The third kappa shape index (κ3) is 1.66. The van der Waals surface area contributed by atoms with Crippen molar-refractivity contribution in [2.24, 2.45) is 10.8 Å². The third-order valence-electron chi connectivity index (χ3n) is 3.63. The second kappa shape index (κ2) is 3.12. The second-order valence-corrected chi connectivity index (χ2v) is 5.29. The van der Waals surface area contributed by atoms with E-state index in [-0.39, 0.29) is 0 Å². The average Bonchev–Trinajstić information content (AvgIpc) is 2.33. The van der Waals surface area contributed by atoms with Gasteiger partial charge in [0.05, 0.1) is 0 Å². The molecule has 2 nitrogen and oxygen atoms in total. The molecule has 0 saturated heterocycles. The lowest BCUT2D eigenvalue weighted by Crippen LogP contribution is -2.38. The molecule has 0 unspecified atom stereocenters. The molecule has 0 aromatic rings. The zero-order chi connectivity index (χ0) is 10.3. The monoisotopic (exact) mass is 200 g/mol. The van der Waals surface area contributed by atoms with Gasteiger partial charge in [-0.3, -0.25) is 0 Å². The molecule has 0 amide bonds. The van der Waals surface area contributed by atoms with Crippen molar-refractivity contribution in [2.45, 2.75) is 40.7 Å². The van der Waals surface area contributed by atoms with Gasteiger partial charge in [-0.1, -0.05) is 27.7 Å². The van der Waals surface area contributed by atoms with Gasteiger partial charge in [-0.25, -0.2) is 0 Å². The van der Waals surface area contributed by atoms with E-state index in [4.69, 9.17) is 12.2 Å². The van der Waals surface area contributed by atoms with Crippen molar-refractivity contribution in [1.29, 1.82) is 0 Å². The number of hydrogen-bond donors (Lipinski definition) is 2. The molecule has 0 heterocycles. The maximum absolute atomic E-state index is 5.15. The molecule has 0 radical (unpaired) electrons. The van der Waals surface area contributed by atoms with Crippen LogP contribution in [-0.2, 0) is 0 Å². The summed E-state index contributed by atoms with van der Waals surface area (Å²) in [6, 6.07) is 0.506. The molecule has 3 heteroatoms. The van der Waals surface area contributed by atoms with Crippen LogP contribution >= 0.6 is 12.2 Å². The molecular formula is C10H20N2S. The van der Waals surface area contributed by atoms with Gasteiger partial charge in [0.25, 0.3) is 0 Å². The topological polar surface area (TPSA) is 24.1 Å². The summed E-state index contributed by atoms with van der Waals surface area (Å²) in [5, 5.41) is 7.25. The summed E-state index contributed by atoms with van der Waals surface area (Å²) in [4.78, 5) is 0. The first-order valence-corrected chi connectivity index (χ1v) is 5.29. The van der Waals surface area contributed by atoms with Gasteiger partial charge in [0.2, 0.25) is 0 Å². The Morgan fingerprint density at radius 3 is 2.00 bits per heavy atom. The fourth-order valence-corrected chi connectivity index (χ4v) is 2.16. The first kappa shape index (κ1) is 10.8. The van der Waals surface area contributed by atoms with Gasteiger partial charge >= 0.3 is 0 Å². The molecule has 0 spiro atoms. The standard InChI is InChI=1S/C10H20N2S/c1-6-11-8(13)12-7-9(2,3)10(7,4)5/h7H,6H2,1-5H3,(H2,11,12,13). The molecule has 1 aliphatic rings. The van der Waals surface area contributed by atoms with Crippen LogP contribution in [0.3, 0.4) is 0 Å². The number of hydrogen-bond acceptors (Lipinski definition) is 1. The lowest BCUT2D eigenvalue weighted by Gasteiger charge is -2.09. The Morgan fingerprint density at radius 1 is 1.23 bits per heavy atom. The van der Waals surface area contributed by atoms with Crippen LogP contribution in [0.15, 0.2) is 0 Å². The zero-order valence-electron chi connectivity index (χ0n) is 9.19. The summed E-state index contributed by atoms with van der Waals surface area (Å²) in [6.45, 7) is 12.0. The molecule has 0 bridgehead atoms. The maximum Gasteiger partial charge on any atom is 0.166 e. The van der Waals surface area contributed by atoms with Crippen LogP contribution in [0.4, 0.5) is 0 Å². The van der Waals surface area contributed by atoms with Gasteiger partial charge in [-0.05, 0) is 30.0 Å². The average molecular weight is 200 g/mol. The molecule has 0 aromatic carbocycles. The minimum atomic E-state index is 0.354. The molecule has 1 fully saturated rings. The molecule has 0 atom stereocenters. The third-order valence-corrected chi connectivity index (χ3v) is 3.90. The Balaban J connectivity index is 2.46. The normalized spacial score (nSPS) is 23.8. The lowest BCUT2D eigenvalue weighted by atomic mass is 10.0. The van der Waals surface area contributed by atoms with Crippen LogP contribution < -0.4 is 10.6 Å². The highest BCUT2D eigenvalue weighted by Gasteiger charge is 2.65. The van der Waals surface area contributed by atoms with Crippen LogP contribution in [0.2, 0.25) is 0 Å². The van der Waals surface area contributed by atoms with E-state index < -0.39 is 0 Å². The summed E-state index contributed by atoms with van der Waals surface area (Å²) >= 11 is 5.15. The van der Waals surface area contributed by atoms with Crippen LogP contribution in [0.25, 0.3) is 0 Å². The highest BCUT2D eigenvalue weighted by atomic mass is 32.1. The molecule has 0 aliphatic heterocycles. The number of rotatable bonds is 2. The maximum atomic E-state index is 5.15. The van der Waals surface area contributed by atoms with E-state index >= 15 is 0 Å². The summed E-state index contributed by atoms with van der Waals surface area (Å²) in [7, 11) is 0. The highest BCUT2D eigenvalue weighted by molar-refractivity contribution is 7.80. The summed E-state index contributed by atoms with van der Waals surface area (Å²) in [5.74, 6) is 0. The Bertz CT molecular complexity index is 207. The Labute approximate surface area is 86.5 Å². The quantitative estimate of drug-likeness (QED) is 0.666. The van der Waals surface area contributed by atoms with Gasteiger partial charge in [0.15, 0.2) is 5.11 Å². The predicted molar refractivity (Wildman–Crippen MR) is 60.8 cm³/mol. The van der Waals surface area contributed by atoms with E-state index in [0.717, 1.165) is 11.7 Å². The summed E-state index contributed by atoms with van der Waals surface area (Å²) in [6.07, 6.45) is 0. The second-order valence-electron chi connectivity index (χ2n) is 4.88. The molecule has 1 rings (SSSR count). The Hall–Kier alpha value is -0.310. The van der Waals surface area contributed by atoms with Gasteiger partial charge in [-0.2, -0.15) is 0 Å². The van der Waals surface area contributed by atoms with E-state index in [0.29, 0.717) is 16.9 Å². The highest BCUT2D eigenvalue weighted by Crippen LogP contribution is 2.62. The van der Waals surface area contributed by atoms with Crippen molar-refractivity contribution in [1.82, 2.24) is 10.6 Å². The molecule has 76 valence electrons. The molecule has 13 heavy (non-hydrogen) atoms. The molecule has 0 aromatic heterocycles. The molecule has 1 aliphatic carbocycles. The Morgan fingerprint density at radius 2 is 1.69 bits per heavy atom. The van der Waals surface area contributed by atoms with Crippen LogP contribution in [0.5, 0.6) is 0 Å². The van der Waals surface area contributed by atoms with E-state index in [1.54, 1.807) is 0 Å². The van der Waals surface area contributed by atoms with Gasteiger partial charge < -0.3 is 10.6 Å². The Kier molecular flexibility index (Phi) is 2.59. The van der Waals surface area contributed by atoms with Crippen molar-refractivity contribution < 1.29 is 0 Å². The summed E-state index contributed by atoms with van der Waals surface area (Å²) < 4.78 is 0. The number of nitrogens with one attached hydrogen (secondary N) is 2. The van der Waals surface area contributed by atoms with E-state index in [2.05, 4.69) is 45.3 Å². The smallest absolute Gasteiger partial charge is 0.166 e. The van der Waals surface area contributed by atoms with Gasteiger partial charge in [-0.15, -0.1) is 0 Å². The number of thiocarbonyl (C=S) groups is 1. The minimum absolute atomic E-state index is 0.354. The molecule has 2 N–H and O–H groups in total. The fraction of sp³-hybridized carbons (Fsp3) is 0.900. The van der Waals surface area contributed by atoms with Crippen LogP contribution in [0, 0.1) is 10.8 Å². The predicted octanol–water partition coefficient (Wildman–Crippen LogP) is 1.91.